The summed E-state index contributed by atoms with van der Waals surface area (Å²) in [6, 6.07) is 11.6. The Hall–Kier alpha value is -4.60. The molecule has 1 aliphatic carbocycles. The second-order valence-electron chi connectivity index (χ2n) is 11.3. The largest absolute Gasteiger partial charge is 0.493 e. The minimum atomic E-state index is -0.633. The van der Waals surface area contributed by atoms with Crippen molar-refractivity contribution >= 4 is 17.5 Å². The van der Waals surface area contributed by atoms with Gasteiger partial charge in [-0.25, -0.2) is 0 Å². The van der Waals surface area contributed by atoms with Gasteiger partial charge in [0.2, 0.25) is 23.0 Å². The highest BCUT2D eigenvalue weighted by Gasteiger charge is 2.30. The number of ether oxygens (including phenoxy) is 3. The lowest BCUT2D eigenvalue weighted by molar-refractivity contribution is -0.122. The van der Waals surface area contributed by atoms with Gasteiger partial charge in [0.15, 0.2) is 11.5 Å². The van der Waals surface area contributed by atoms with Gasteiger partial charge in [0, 0.05) is 37.3 Å². The van der Waals surface area contributed by atoms with Crippen LogP contribution in [0.2, 0.25) is 0 Å². The molecule has 0 saturated heterocycles. The molecule has 3 N–H and O–H groups in total. The Labute approximate surface area is 258 Å². The van der Waals surface area contributed by atoms with E-state index >= 15 is 0 Å². The standard InChI is InChI=1S/C34H42N4O6/c1-20(2)17-28(34(41)36-16-14-23-9-7-8-15-35-23)38-27-13-11-24-25(19-29(27)40)26(37-21(3)39)12-10-22-18-30(42-4)32(43-5)33(44-6)31(22)24/h7-9,11,13,15,18-20,26,28H,10,12,14,16-17H2,1-6H3,(H,36,41)(H,37,39)(H,38,40)/t26-,28+/m0/s1. The third kappa shape index (κ3) is 7.48. The average molecular weight is 603 g/mol. The van der Waals surface area contributed by atoms with Gasteiger partial charge in [-0.3, -0.25) is 19.4 Å². The Morgan fingerprint density at radius 3 is 2.43 bits per heavy atom. The van der Waals surface area contributed by atoms with Crippen LogP contribution in [0.15, 0.2) is 53.5 Å². The zero-order chi connectivity index (χ0) is 31.8. The third-order valence-electron chi connectivity index (χ3n) is 7.68. The van der Waals surface area contributed by atoms with Crippen molar-refractivity contribution in [3.63, 3.8) is 0 Å². The summed E-state index contributed by atoms with van der Waals surface area (Å²) in [5, 5.41) is 9.24. The Kier molecular flexibility index (Phi) is 10.8. The highest BCUT2D eigenvalue weighted by atomic mass is 16.5. The Bertz CT molecular complexity index is 1540. The van der Waals surface area contributed by atoms with Crippen LogP contribution in [0.25, 0.3) is 11.1 Å². The van der Waals surface area contributed by atoms with Crippen molar-refractivity contribution in [1.82, 2.24) is 15.6 Å². The summed E-state index contributed by atoms with van der Waals surface area (Å²) < 4.78 is 17.1. The first kappa shape index (κ1) is 32.3. The summed E-state index contributed by atoms with van der Waals surface area (Å²) >= 11 is 0. The van der Waals surface area contributed by atoms with E-state index in [1.54, 1.807) is 39.7 Å². The molecule has 3 aromatic rings. The molecule has 4 rings (SSSR count). The van der Waals surface area contributed by atoms with E-state index in [1.807, 2.05) is 44.2 Å². The van der Waals surface area contributed by atoms with Crippen LogP contribution in [0.5, 0.6) is 17.2 Å². The lowest BCUT2D eigenvalue weighted by atomic mass is 9.95. The molecule has 0 radical (unpaired) electrons. The number of carbonyl (C=O) groups excluding carboxylic acids is 2. The van der Waals surface area contributed by atoms with E-state index in [1.165, 1.54) is 6.92 Å². The molecule has 0 saturated carbocycles. The molecule has 10 nitrogen and oxygen atoms in total. The summed E-state index contributed by atoms with van der Waals surface area (Å²) in [6.07, 6.45) is 4.00. The first-order valence-electron chi connectivity index (χ1n) is 14.9. The average Bonchev–Trinajstić information content (AvgIpc) is 3.24. The first-order chi connectivity index (χ1) is 21.2. The van der Waals surface area contributed by atoms with E-state index in [0.29, 0.717) is 55.0 Å². The van der Waals surface area contributed by atoms with Gasteiger partial charge in [0.05, 0.1) is 33.1 Å². The van der Waals surface area contributed by atoms with Crippen LogP contribution >= 0.6 is 0 Å². The Morgan fingerprint density at radius 1 is 1.02 bits per heavy atom. The summed E-state index contributed by atoms with van der Waals surface area (Å²) in [4.78, 5) is 43.7. The van der Waals surface area contributed by atoms with Gasteiger partial charge < -0.3 is 30.2 Å². The lowest BCUT2D eigenvalue weighted by Gasteiger charge is -2.20. The van der Waals surface area contributed by atoms with Crippen molar-refractivity contribution in [2.75, 3.05) is 33.2 Å². The summed E-state index contributed by atoms with van der Waals surface area (Å²) in [7, 11) is 4.67. The van der Waals surface area contributed by atoms with Gasteiger partial charge in [-0.2, -0.15) is 0 Å². The second-order valence-corrected chi connectivity index (χ2v) is 11.3. The summed E-state index contributed by atoms with van der Waals surface area (Å²) in [5.74, 6) is 1.24. The predicted molar refractivity (Wildman–Crippen MR) is 170 cm³/mol. The molecule has 0 aliphatic heterocycles. The molecule has 0 fully saturated rings. The van der Waals surface area contributed by atoms with E-state index < -0.39 is 12.1 Å². The van der Waals surface area contributed by atoms with Crippen molar-refractivity contribution in [3.8, 4) is 28.4 Å². The van der Waals surface area contributed by atoms with Crippen molar-refractivity contribution in [2.45, 2.75) is 58.5 Å². The number of nitrogens with zero attached hydrogens (tertiary/aromatic N) is 1. The maximum Gasteiger partial charge on any atom is 0.242 e. The molecule has 234 valence electrons. The van der Waals surface area contributed by atoms with Crippen LogP contribution in [0.1, 0.15) is 56.5 Å². The van der Waals surface area contributed by atoms with Crippen LogP contribution in [-0.4, -0.2) is 50.7 Å². The number of amides is 2. The monoisotopic (exact) mass is 602 g/mol. The second kappa shape index (κ2) is 14.7. The molecular weight excluding hydrogens is 560 g/mol. The van der Waals surface area contributed by atoms with Crippen LogP contribution in [0.4, 0.5) is 5.69 Å². The Balaban J connectivity index is 1.76. The van der Waals surface area contributed by atoms with E-state index in [4.69, 9.17) is 14.2 Å². The summed E-state index contributed by atoms with van der Waals surface area (Å²) in [6.45, 7) is 5.95. The number of pyridine rings is 1. The van der Waals surface area contributed by atoms with Crippen LogP contribution < -0.4 is 35.6 Å². The highest BCUT2D eigenvalue weighted by Crippen LogP contribution is 2.50. The van der Waals surface area contributed by atoms with Gasteiger partial charge in [-0.1, -0.05) is 26.0 Å². The fourth-order valence-electron chi connectivity index (χ4n) is 5.70. The van der Waals surface area contributed by atoms with Crippen molar-refractivity contribution in [1.29, 1.82) is 0 Å². The van der Waals surface area contributed by atoms with Crippen molar-refractivity contribution in [3.05, 3.63) is 75.7 Å². The quantitative estimate of drug-likeness (QED) is 0.278. The zero-order valence-electron chi connectivity index (χ0n) is 26.3. The molecule has 2 amide bonds. The van der Waals surface area contributed by atoms with Gasteiger partial charge in [-0.15, -0.1) is 0 Å². The number of hydrogen-bond acceptors (Lipinski definition) is 8. The smallest absolute Gasteiger partial charge is 0.242 e. The van der Waals surface area contributed by atoms with Gasteiger partial charge in [0.1, 0.15) is 6.04 Å². The van der Waals surface area contributed by atoms with Crippen molar-refractivity contribution < 1.29 is 23.8 Å². The lowest BCUT2D eigenvalue weighted by Crippen LogP contribution is -2.42. The molecule has 2 aromatic carbocycles. The molecule has 0 unspecified atom stereocenters. The molecule has 2 atom stereocenters. The molecule has 1 aromatic heterocycles. The normalized spacial score (nSPS) is 14.4. The maximum atomic E-state index is 13.8. The van der Waals surface area contributed by atoms with E-state index in [0.717, 1.165) is 22.4 Å². The Morgan fingerprint density at radius 2 is 1.80 bits per heavy atom. The molecule has 0 spiro atoms. The molecular formula is C34H42N4O6. The van der Waals surface area contributed by atoms with E-state index in [9.17, 15) is 14.4 Å². The highest BCUT2D eigenvalue weighted by molar-refractivity contribution is 5.86. The van der Waals surface area contributed by atoms with Gasteiger partial charge >= 0.3 is 0 Å². The third-order valence-corrected chi connectivity index (χ3v) is 7.68. The van der Waals surface area contributed by atoms with Crippen LogP contribution in [0.3, 0.4) is 0 Å². The molecule has 1 heterocycles. The van der Waals surface area contributed by atoms with Gasteiger partial charge in [0.25, 0.3) is 0 Å². The van der Waals surface area contributed by atoms with E-state index in [-0.39, 0.29) is 28.8 Å². The predicted octanol–water partition coefficient (Wildman–Crippen LogP) is 4.44. The van der Waals surface area contributed by atoms with Gasteiger partial charge in [-0.05, 0) is 72.2 Å². The minimum absolute atomic E-state index is 0.193. The van der Waals surface area contributed by atoms with Crippen molar-refractivity contribution in [2.24, 2.45) is 5.92 Å². The fraction of sp³-hybridized carbons (Fsp3) is 0.412. The number of nitrogens with one attached hydrogen (secondary N) is 3. The number of aryl methyl sites for hydroxylation is 1. The zero-order valence-corrected chi connectivity index (χ0v) is 26.3. The molecule has 0 bridgehead atoms. The topological polar surface area (TPSA) is 128 Å². The minimum Gasteiger partial charge on any atom is -0.493 e. The maximum absolute atomic E-state index is 13.8. The number of rotatable bonds is 12. The van der Waals surface area contributed by atoms with Crippen LogP contribution in [0, 0.1) is 5.92 Å². The number of fused-ring (bicyclic) bond motifs is 3. The molecule has 1 aliphatic rings. The number of anilines is 1. The molecule has 44 heavy (non-hydrogen) atoms. The fourth-order valence-corrected chi connectivity index (χ4v) is 5.70. The van der Waals surface area contributed by atoms with E-state index in [2.05, 4.69) is 20.9 Å². The number of hydrogen-bond donors (Lipinski definition) is 3. The SMILES string of the molecule is COc1cc2c(c(OC)c1OC)-c1ccc(N[C@H](CC(C)C)C(=O)NCCc3ccccn3)c(=O)cc1[C@@H](NC(C)=O)CC2. The molecule has 10 heteroatoms. The first-order valence-corrected chi connectivity index (χ1v) is 14.9. The number of methoxy groups -OCH3 is 3. The number of benzene rings is 1. The number of aromatic nitrogens is 1. The summed E-state index contributed by atoms with van der Waals surface area (Å²) in [5.41, 5.74) is 3.96. The number of carbonyl (C=O) groups is 2. The van der Waals surface area contributed by atoms with Crippen LogP contribution in [-0.2, 0) is 22.4 Å².